The number of rotatable bonds is 2. The van der Waals surface area contributed by atoms with Crippen LogP contribution in [0.1, 0.15) is 32.2 Å². The van der Waals surface area contributed by atoms with E-state index in [0.29, 0.717) is 15.7 Å². The molecule has 1 fully saturated rings. The normalized spacial score (nSPS) is 24.4. The van der Waals surface area contributed by atoms with Gasteiger partial charge in [0.2, 0.25) is 0 Å². The summed E-state index contributed by atoms with van der Waals surface area (Å²) in [7, 11) is 0. The molecule has 0 aromatic carbocycles. The molecule has 1 saturated heterocycles. The minimum Gasteiger partial charge on any atom is -0.354 e. The first-order chi connectivity index (χ1) is 8.51. The van der Waals surface area contributed by atoms with Crippen LogP contribution >= 0.6 is 23.4 Å². The molecule has 2 rings (SSSR count). The summed E-state index contributed by atoms with van der Waals surface area (Å²) in [5.41, 5.74) is 1.00. The molecule has 0 saturated carbocycles. The van der Waals surface area contributed by atoms with E-state index in [1.54, 1.807) is 0 Å². The number of aromatic nitrogens is 2. The molecule has 1 aliphatic heterocycles. The van der Waals surface area contributed by atoms with Crippen molar-refractivity contribution >= 4 is 29.2 Å². The number of hydrogen-bond donors (Lipinski definition) is 0. The lowest BCUT2D eigenvalue weighted by Crippen LogP contribution is -2.41. The maximum absolute atomic E-state index is 6.21. The Morgan fingerprint density at radius 3 is 2.44 bits per heavy atom. The third kappa shape index (κ3) is 2.91. The fourth-order valence-corrected chi connectivity index (χ4v) is 3.84. The largest absolute Gasteiger partial charge is 0.354 e. The molecule has 1 aromatic rings. The topological polar surface area (TPSA) is 29.0 Å². The molecular formula is C13H20ClN3S. The standard InChI is InChI=1S/C13H20ClN3S/c1-5-11-15-12(14)10(4)13(16-11)17-6-8(2)18-9(3)7-17/h8-9H,5-7H2,1-4H3. The van der Waals surface area contributed by atoms with Crippen LogP contribution in [0.15, 0.2) is 0 Å². The monoisotopic (exact) mass is 285 g/mol. The smallest absolute Gasteiger partial charge is 0.137 e. The zero-order valence-electron chi connectivity index (χ0n) is 11.4. The van der Waals surface area contributed by atoms with E-state index in [0.717, 1.165) is 36.7 Å². The van der Waals surface area contributed by atoms with Crippen LogP contribution in [-0.4, -0.2) is 33.6 Å². The van der Waals surface area contributed by atoms with E-state index >= 15 is 0 Å². The van der Waals surface area contributed by atoms with Gasteiger partial charge in [-0.1, -0.05) is 32.4 Å². The van der Waals surface area contributed by atoms with Gasteiger partial charge in [0.05, 0.1) is 0 Å². The summed E-state index contributed by atoms with van der Waals surface area (Å²) >= 11 is 8.25. The summed E-state index contributed by atoms with van der Waals surface area (Å²) in [5.74, 6) is 1.85. The van der Waals surface area contributed by atoms with Crippen molar-refractivity contribution in [2.24, 2.45) is 0 Å². The Labute approximate surface area is 118 Å². The molecule has 2 unspecified atom stereocenters. The third-order valence-electron chi connectivity index (χ3n) is 3.14. The summed E-state index contributed by atoms with van der Waals surface area (Å²) in [6.07, 6.45) is 0.820. The SMILES string of the molecule is CCc1nc(Cl)c(C)c(N2CC(C)SC(C)C2)n1. The molecule has 0 bridgehead atoms. The van der Waals surface area contributed by atoms with Gasteiger partial charge in [-0.3, -0.25) is 0 Å². The number of nitrogens with zero attached hydrogens (tertiary/aromatic N) is 3. The first kappa shape index (κ1) is 13.9. The van der Waals surface area contributed by atoms with Crippen LogP contribution in [0.2, 0.25) is 5.15 Å². The van der Waals surface area contributed by atoms with E-state index in [2.05, 4.69) is 35.6 Å². The van der Waals surface area contributed by atoms with Crippen molar-refractivity contribution in [2.45, 2.75) is 44.6 Å². The molecule has 2 heterocycles. The molecule has 100 valence electrons. The van der Waals surface area contributed by atoms with Gasteiger partial charge in [-0.15, -0.1) is 0 Å². The van der Waals surface area contributed by atoms with Crippen LogP contribution in [-0.2, 0) is 6.42 Å². The predicted octanol–water partition coefficient (Wildman–Crippen LogP) is 3.33. The van der Waals surface area contributed by atoms with Crippen molar-refractivity contribution in [3.05, 3.63) is 16.5 Å². The summed E-state index contributed by atoms with van der Waals surface area (Å²) < 4.78 is 0. The van der Waals surface area contributed by atoms with Crippen LogP contribution < -0.4 is 4.90 Å². The van der Waals surface area contributed by atoms with Gasteiger partial charge >= 0.3 is 0 Å². The van der Waals surface area contributed by atoms with E-state index in [1.165, 1.54) is 0 Å². The molecule has 0 spiro atoms. The highest BCUT2D eigenvalue weighted by atomic mass is 35.5. The van der Waals surface area contributed by atoms with Gasteiger partial charge in [0.25, 0.3) is 0 Å². The second-order valence-electron chi connectivity index (χ2n) is 4.90. The van der Waals surface area contributed by atoms with Crippen molar-refractivity contribution in [1.82, 2.24) is 9.97 Å². The van der Waals surface area contributed by atoms with Gasteiger partial charge in [0, 0.05) is 35.6 Å². The number of anilines is 1. The summed E-state index contributed by atoms with van der Waals surface area (Å²) in [6.45, 7) is 10.7. The molecule has 2 atom stereocenters. The van der Waals surface area contributed by atoms with E-state index in [1.807, 2.05) is 18.7 Å². The van der Waals surface area contributed by atoms with Gasteiger partial charge in [-0.2, -0.15) is 11.8 Å². The van der Waals surface area contributed by atoms with Crippen molar-refractivity contribution in [2.75, 3.05) is 18.0 Å². The molecule has 1 aliphatic rings. The van der Waals surface area contributed by atoms with Crippen molar-refractivity contribution in [1.29, 1.82) is 0 Å². The zero-order chi connectivity index (χ0) is 13.3. The van der Waals surface area contributed by atoms with Gasteiger partial charge in [-0.25, -0.2) is 9.97 Å². The summed E-state index contributed by atoms with van der Waals surface area (Å²) in [4.78, 5) is 11.3. The quantitative estimate of drug-likeness (QED) is 0.780. The molecule has 0 amide bonds. The number of hydrogen-bond acceptors (Lipinski definition) is 4. The number of thioether (sulfide) groups is 1. The lowest BCUT2D eigenvalue weighted by atomic mass is 10.2. The maximum Gasteiger partial charge on any atom is 0.137 e. The molecule has 0 aliphatic carbocycles. The minimum absolute atomic E-state index is 0.593. The van der Waals surface area contributed by atoms with Gasteiger partial charge < -0.3 is 4.90 Å². The van der Waals surface area contributed by atoms with Gasteiger partial charge in [-0.05, 0) is 6.92 Å². The Hall–Kier alpha value is -0.480. The Bertz CT molecular complexity index is 428. The molecule has 0 radical (unpaired) electrons. The maximum atomic E-state index is 6.21. The molecule has 0 N–H and O–H groups in total. The first-order valence-electron chi connectivity index (χ1n) is 6.44. The van der Waals surface area contributed by atoms with Gasteiger partial charge in [0.1, 0.15) is 16.8 Å². The molecule has 1 aromatic heterocycles. The van der Waals surface area contributed by atoms with Crippen LogP contribution in [0.3, 0.4) is 0 Å². The van der Waals surface area contributed by atoms with Crippen LogP contribution in [0, 0.1) is 6.92 Å². The number of halogens is 1. The molecule has 18 heavy (non-hydrogen) atoms. The highest BCUT2D eigenvalue weighted by Crippen LogP contribution is 2.31. The van der Waals surface area contributed by atoms with E-state index in [4.69, 9.17) is 11.6 Å². The molecular weight excluding hydrogens is 266 g/mol. The summed E-state index contributed by atoms with van der Waals surface area (Å²) in [6, 6.07) is 0. The average molecular weight is 286 g/mol. The second-order valence-corrected chi connectivity index (χ2v) is 7.13. The van der Waals surface area contributed by atoms with Crippen LogP contribution in [0.5, 0.6) is 0 Å². The highest BCUT2D eigenvalue weighted by Gasteiger charge is 2.25. The van der Waals surface area contributed by atoms with Crippen LogP contribution in [0.4, 0.5) is 5.82 Å². The Balaban J connectivity index is 2.34. The highest BCUT2D eigenvalue weighted by molar-refractivity contribution is 8.00. The van der Waals surface area contributed by atoms with E-state index in [9.17, 15) is 0 Å². The summed E-state index contributed by atoms with van der Waals surface area (Å²) in [5, 5.41) is 1.86. The van der Waals surface area contributed by atoms with E-state index in [-0.39, 0.29) is 0 Å². The Morgan fingerprint density at radius 1 is 1.28 bits per heavy atom. The lowest BCUT2D eigenvalue weighted by molar-refractivity contribution is 0.709. The van der Waals surface area contributed by atoms with Gasteiger partial charge in [0.15, 0.2) is 0 Å². The minimum atomic E-state index is 0.593. The average Bonchev–Trinajstić information content (AvgIpc) is 2.31. The fourth-order valence-electron chi connectivity index (χ4n) is 2.34. The second kappa shape index (κ2) is 5.66. The van der Waals surface area contributed by atoms with Crippen molar-refractivity contribution in [3.8, 4) is 0 Å². The van der Waals surface area contributed by atoms with Crippen LogP contribution in [0.25, 0.3) is 0 Å². The zero-order valence-corrected chi connectivity index (χ0v) is 13.0. The fraction of sp³-hybridized carbons (Fsp3) is 0.692. The predicted molar refractivity (Wildman–Crippen MR) is 79.9 cm³/mol. The van der Waals surface area contributed by atoms with Crippen molar-refractivity contribution < 1.29 is 0 Å². The van der Waals surface area contributed by atoms with E-state index < -0.39 is 0 Å². The van der Waals surface area contributed by atoms with Crippen molar-refractivity contribution in [3.63, 3.8) is 0 Å². The number of aryl methyl sites for hydroxylation is 1. The Kier molecular flexibility index (Phi) is 4.38. The lowest BCUT2D eigenvalue weighted by Gasteiger charge is -2.36. The molecule has 3 nitrogen and oxygen atoms in total. The molecule has 5 heteroatoms. The first-order valence-corrected chi connectivity index (χ1v) is 7.76. The Morgan fingerprint density at radius 2 is 1.89 bits per heavy atom. The third-order valence-corrected chi connectivity index (χ3v) is 4.74.